The van der Waals surface area contributed by atoms with Crippen molar-refractivity contribution in [2.45, 2.75) is 44.8 Å². The second-order valence-corrected chi connectivity index (χ2v) is 6.13. The third kappa shape index (κ3) is 2.39. The highest BCUT2D eigenvalue weighted by Crippen LogP contribution is 2.35. The van der Waals surface area contributed by atoms with Crippen LogP contribution in [0, 0.1) is 5.92 Å². The Kier molecular flexibility index (Phi) is 3.31. The zero-order chi connectivity index (χ0) is 13.4. The number of rotatable bonds is 4. The molecule has 1 saturated heterocycles. The molecular weight excluding hydrogens is 260 g/mol. The molecule has 1 aromatic rings. The van der Waals surface area contributed by atoms with Gasteiger partial charge >= 0.3 is 0 Å². The first-order valence-corrected chi connectivity index (χ1v) is 7.77. The van der Waals surface area contributed by atoms with E-state index in [4.69, 9.17) is 0 Å². The summed E-state index contributed by atoms with van der Waals surface area (Å²) >= 11 is 1.62. The van der Waals surface area contributed by atoms with Crippen LogP contribution in [-0.4, -0.2) is 28.8 Å². The van der Waals surface area contributed by atoms with Gasteiger partial charge in [0.05, 0.1) is 0 Å². The predicted molar refractivity (Wildman–Crippen MR) is 73.6 cm³/mol. The zero-order valence-corrected chi connectivity index (χ0v) is 11.8. The summed E-state index contributed by atoms with van der Waals surface area (Å²) in [6, 6.07) is 1.42. The standard InChI is InChI=1S/C14H18N2O2S/c1-2-11-13(17)15-12(10-3-4-10)14(18)16(11)7-9-5-6-19-8-9/h5-6,8,10-12H,2-4,7H2,1H3,(H,15,17). The molecule has 1 N–H and O–H groups in total. The smallest absolute Gasteiger partial charge is 0.246 e. The Hall–Kier alpha value is -1.36. The molecule has 2 amide bonds. The van der Waals surface area contributed by atoms with Crippen molar-refractivity contribution >= 4 is 23.2 Å². The lowest BCUT2D eigenvalue weighted by molar-refractivity contribution is -0.150. The minimum absolute atomic E-state index is 0.00855. The predicted octanol–water partition coefficient (Wildman–Crippen LogP) is 1.76. The molecule has 19 heavy (non-hydrogen) atoms. The molecule has 102 valence electrons. The van der Waals surface area contributed by atoms with E-state index in [2.05, 4.69) is 5.32 Å². The third-order valence-corrected chi connectivity index (χ3v) is 4.67. The molecule has 5 heteroatoms. The van der Waals surface area contributed by atoms with Gasteiger partial charge in [0.1, 0.15) is 12.1 Å². The second-order valence-electron chi connectivity index (χ2n) is 5.35. The van der Waals surface area contributed by atoms with Crippen LogP contribution in [0.15, 0.2) is 16.8 Å². The van der Waals surface area contributed by atoms with Gasteiger partial charge in [-0.3, -0.25) is 9.59 Å². The van der Waals surface area contributed by atoms with Crippen LogP contribution >= 0.6 is 11.3 Å². The highest BCUT2D eigenvalue weighted by atomic mass is 32.1. The number of thiophene rings is 1. The average Bonchev–Trinajstić information content (AvgIpc) is 3.11. The van der Waals surface area contributed by atoms with E-state index >= 15 is 0 Å². The van der Waals surface area contributed by atoms with E-state index in [0.717, 1.165) is 18.4 Å². The molecule has 1 saturated carbocycles. The topological polar surface area (TPSA) is 49.4 Å². The first-order valence-electron chi connectivity index (χ1n) is 6.82. The van der Waals surface area contributed by atoms with Crippen LogP contribution in [0.25, 0.3) is 0 Å². The monoisotopic (exact) mass is 278 g/mol. The molecule has 0 radical (unpaired) electrons. The normalized spacial score (nSPS) is 27.5. The maximum Gasteiger partial charge on any atom is 0.246 e. The van der Waals surface area contributed by atoms with E-state index in [9.17, 15) is 9.59 Å². The van der Waals surface area contributed by atoms with Crippen LogP contribution in [0.1, 0.15) is 31.7 Å². The Bertz CT molecular complexity index is 482. The molecule has 2 unspecified atom stereocenters. The van der Waals surface area contributed by atoms with Gasteiger partial charge in [-0.1, -0.05) is 6.92 Å². The Balaban J connectivity index is 1.82. The summed E-state index contributed by atoms with van der Waals surface area (Å²) in [5.74, 6) is 0.466. The first kappa shape index (κ1) is 12.7. The van der Waals surface area contributed by atoms with Gasteiger partial charge in [-0.25, -0.2) is 0 Å². The molecule has 1 aliphatic heterocycles. The zero-order valence-electron chi connectivity index (χ0n) is 11.0. The number of carbonyl (C=O) groups is 2. The number of amides is 2. The molecular formula is C14H18N2O2S. The fourth-order valence-electron chi connectivity index (χ4n) is 2.71. The van der Waals surface area contributed by atoms with Crippen molar-refractivity contribution in [3.8, 4) is 0 Å². The third-order valence-electron chi connectivity index (χ3n) is 3.94. The van der Waals surface area contributed by atoms with Crippen molar-refractivity contribution in [1.29, 1.82) is 0 Å². The van der Waals surface area contributed by atoms with E-state index in [-0.39, 0.29) is 23.9 Å². The maximum atomic E-state index is 12.6. The summed E-state index contributed by atoms with van der Waals surface area (Å²) in [6.45, 7) is 2.51. The fourth-order valence-corrected chi connectivity index (χ4v) is 3.37. The van der Waals surface area contributed by atoms with Crippen molar-refractivity contribution in [2.24, 2.45) is 5.92 Å². The lowest BCUT2D eigenvalue weighted by Gasteiger charge is -2.38. The Labute approximate surface area is 116 Å². The van der Waals surface area contributed by atoms with E-state index in [0.29, 0.717) is 18.9 Å². The largest absolute Gasteiger partial charge is 0.342 e. The lowest BCUT2D eigenvalue weighted by Crippen LogP contribution is -2.63. The van der Waals surface area contributed by atoms with Crippen molar-refractivity contribution in [1.82, 2.24) is 10.2 Å². The Morgan fingerprint density at radius 1 is 1.42 bits per heavy atom. The van der Waals surface area contributed by atoms with Gasteiger partial charge in [-0.15, -0.1) is 0 Å². The van der Waals surface area contributed by atoms with Gasteiger partial charge in [-0.2, -0.15) is 11.3 Å². The quantitative estimate of drug-likeness (QED) is 0.912. The molecule has 2 aliphatic rings. The Morgan fingerprint density at radius 3 is 2.79 bits per heavy atom. The SMILES string of the molecule is CCC1C(=O)NC(C2CC2)C(=O)N1Cc1ccsc1. The summed E-state index contributed by atoms with van der Waals surface area (Å²) < 4.78 is 0. The van der Waals surface area contributed by atoms with Gasteiger partial charge in [0.15, 0.2) is 0 Å². The van der Waals surface area contributed by atoms with Crippen LogP contribution in [-0.2, 0) is 16.1 Å². The van der Waals surface area contributed by atoms with E-state index in [1.165, 1.54) is 0 Å². The number of carbonyl (C=O) groups excluding carboxylic acids is 2. The highest BCUT2D eigenvalue weighted by molar-refractivity contribution is 7.07. The summed E-state index contributed by atoms with van der Waals surface area (Å²) in [6.07, 6.45) is 2.78. The molecule has 1 aliphatic carbocycles. The van der Waals surface area contributed by atoms with Crippen LogP contribution in [0.3, 0.4) is 0 Å². The van der Waals surface area contributed by atoms with Crippen molar-refractivity contribution in [3.05, 3.63) is 22.4 Å². The van der Waals surface area contributed by atoms with Gasteiger partial charge in [0.25, 0.3) is 0 Å². The van der Waals surface area contributed by atoms with Gasteiger partial charge in [-0.05, 0) is 47.6 Å². The van der Waals surface area contributed by atoms with Gasteiger partial charge in [0, 0.05) is 6.54 Å². The number of hydrogen-bond donors (Lipinski definition) is 1. The number of piperazine rings is 1. The number of hydrogen-bond acceptors (Lipinski definition) is 3. The van der Waals surface area contributed by atoms with E-state index < -0.39 is 0 Å². The molecule has 1 aromatic heterocycles. The minimum atomic E-state index is -0.317. The molecule has 2 heterocycles. The highest BCUT2D eigenvalue weighted by Gasteiger charge is 2.46. The average molecular weight is 278 g/mol. The molecule has 0 bridgehead atoms. The van der Waals surface area contributed by atoms with Crippen LogP contribution in [0.2, 0.25) is 0 Å². The second kappa shape index (κ2) is 4.96. The van der Waals surface area contributed by atoms with E-state index in [1.807, 2.05) is 23.8 Å². The maximum absolute atomic E-state index is 12.6. The van der Waals surface area contributed by atoms with Crippen molar-refractivity contribution < 1.29 is 9.59 Å². The first-order chi connectivity index (χ1) is 9.20. The fraction of sp³-hybridized carbons (Fsp3) is 0.571. The number of nitrogens with one attached hydrogen (secondary N) is 1. The van der Waals surface area contributed by atoms with E-state index in [1.54, 1.807) is 16.2 Å². The van der Waals surface area contributed by atoms with Gasteiger partial charge < -0.3 is 10.2 Å². The summed E-state index contributed by atoms with van der Waals surface area (Å²) in [5, 5.41) is 6.95. The lowest BCUT2D eigenvalue weighted by atomic mass is 10.0. The van der Waals surface area contributed by atoms with Crippen molar-refractivity contribution in [3.63, 3.8) is 0 Å². The summed E-state index contributed by atoms with van der Waals surface area (Å²) in [4.78, 5) is 26.5. The molecule has 4 nitrogen and oxygen atoms in total. The van der Waals surface area contributed by atoms with Crippen LogP contribution in [0.5, 0.6) is 0 Å². The molecule has 3 rings (SSSR count). The molecule has 2 atom stereocenters. The Morgan fingerprint density at radius 2 is 2.21 bits per heavy atom. The van der Waals surface area contributed by atoms with Crippen LogP contribution < -0.4 is 5.32 Å². The molecule has 0 aromatic carbocycles. The van der Waals surface area contributed by atoms with Crippen molar-refractivity contribution in [2.75, 3.05) is 0 Å². The van der Waals surface area contributed by atoms with Gasteiger partial charge in [0.2, 0.25) is 11.8 Å². The molecule has 0 spiro atoms. The molecule has 2 fully saturated rings. The minimum Gasteiger partial charge on any atom is -0.342 e. The summed E-state index contributed by atoms with van der Waals surface area (Å²) in [5.41, 5.74) is 1.11. The summed E-state index contributed by atoms with van der Waals surface area (Å²) in [7, 11) is 0. The number of nitrogens with zero attached hydrogens (tertiary/aromatic N) is 1. The van der Waals surface area contributed by atoms with Crippen LogP contribution in [0.4, 0.5) is 0 Å².